The molecule has 26 heavy (non-hydrogen) atoms. The predicted octanol–water partition coefficient (Wildman–Crippen LogP) is 3.27. The van der Waals surface area contributed by atoms with Gasteiger partial charge in [0.1, 0.15) is 5.69 Å². The Hall–Kier alpha value is -2.95. The average molecular weight is 346 g/mol. The first kappa shape index (κ1) is 16.5. The van der Waals surface area contributed by atoms with Crippen molar-refractivity contribution >= 4 is 5.91 Å². The van der Waals surface area contributed by atoms with Gasteiger partial charge >= 0.3 is 0 Å². The zero-order valence-corrected chi connectivity index (χ0v) is 14.9. The van der Waals surface area contributed by atoms with Crippen molar-refractivity contribution in [2.24, 2.45) is 0 Å². The number of likely N-dealkylation sites (tertiary alicyclic amines) is 1. The molecule has 4 rings (SSSR count). The second-order valence-corrected chi connectivity index (χ2v) is 6.90. The summed E-state index contributed by atoms with van der Waals surface area (Å²) in [7, 11) is 0. The van der Waals surface area contributed by atoms with E-state index in [-0.39, 0.29) is 11.9 Å². The van der Waals surface area contributed by atoms with Gasteiger partial charge in [0.05, 0.1) is 18.7 Å². The highest BCUT2D eigenvalue weighted by Gasteiger charge is 2.28. The minimum absolute atomic E-state index is 0.182. The quantitative estimate of drug-likeness (QED) is 0.728. The van der Waals surface area contributed by atoms with Crippen LogP contribution < -0.4 is 0 Å². The van der Waals surface area contributed by atoms with Crippen LogP contribution >= 0.6 is 0 Å². The summed E-state index contributed by atoms with van der Waals surface area (Å²) in [5, 5.41) is 8.58. The van der Waals surface area contributed by atoms with Crippen molar-refractivity contribution < 1.29 is 4.79 Å². The normalized spacial score (nSPS) is 16.8. The van der Waals surface area contributed by atoms with Crippen LogP contribution in [0.3, 0.4) is 0 Å². The molecule has 1 fully saturated rings. The van der Waals surface area contributed by atoms with E-state index in [9.17, 15) is 4.79 Å². The van der Waals surface area contributed by atoms with Crippen LogP contribution in [-0.2, 0) is 11.2 Å². The third kappa shape index (κ3) is 3.52. The van der Waals surface area contributed by atoms with Crippen molar-refractivity contribution in [3.63, 3.8) is 0 Å². The zero-order chi connectivity index (χ0) is 17.9. The van der Waals surface area contributed by atoms with Gasteiger partial charge in [-0.05, 0) is 18.9 Å². The van der Waals surface area contributed by atoms with Gasteiger partial charge in [-0.1, -0.05) is 65.4 Å². The first-order chi connectivity index (χ1) is 12.7. The third-order valence-corrected chi connectivity index (χ3v) is 4.91. The molecule has 1 aromatic heterocycles. The summed E-state index contributed by atoms with van der Waals surface area (Å²) < 4.78 is 1.91. The molecule has 0 radical (unpaired) electrons. The van der Waals surface area contributed by atoms with Crippen LogP contribution in [0.5, 0.6) is 0 Å². The molecule has 0 bridgehead atoms. The van der Waals surface area contributed by atoms with Crippen molar-refractivity contribution in [3.05, 3.63) is 71.9 Å². The Morgan fingerprint density at radius 1 is 1.15 bits per heavy atom. The minimum atomic E-state index is 0.182. The fourth-order valence-corrected chi connectivity index (χ4v) is 3.49. The number of hydrogen-bond acceptors (Lipinski definition) is 3. The third-order valence-electron chi connectivity index (χ3n) is 4.91. The van der Waals surface area contributed by atoms with E-state index >= 15 is 0 Å². The van der Waals surface area contributed by atoms with E-state index in [1.54, 1.807) is 0 Å². The van der Waals surface area contributed by atoms with Gasteiger partial charge in [-0.25, -0.2) is 4.68 Å². The topological polar surface area (TPSA) is 51.0 Å². The summed E-state index contributed by atoms with van der Waals surface area (Å²) in [6.45, 7) is 3.52. The summed E-state index contributed by atoms with van der Waals surface area (Å²) in [5.41, 5.74) is 4.19. The summed E-state index contributed by atoms with van der Waals surface area (Å²) in [6.07, 6.45) is 3.35. The van der Waals surface area contributed by atoms with Gasteiger partial charge in [0.2, 0.25) is 5.91 Å². The lowest BCUT2D eigenvalue weighted by molar-refractivity contribution is -0.129. The molecule has 0 saturated carbocycles. The van der Waals surface area contributed by atoms with Gasteiger partial charge in [-0.15, -0.1) is 5.10 Å². The Balaban J connectivity index is 1.41. The maximum Gasteiger partial charge on any atom is 0.227 e. The van der Waals surface area contributed by atoms with E-state index < -0.39 is 0 Å². The Bertz CT molecular complexity index is 903. The smallest absolute Gasteiger partial charge is 0.227 e. The SMILES string of the molecule is Cc1cccc(CC(=O)N2CC[C@@H](n3cc(-c4ccccc4)nn3)C2)c1. The Kier molecular flexibility index (Phi) is 4.52. The maximum absolute atomic E-state index is 12.6. The first-order valence-corrected chi connectivity index (χ1v) is 8.99. The fourth-order valence-electron chi connectivity index (χ4n) is 3.49. The number of carbonyl (C=O) groups is 1. The van der Waals surface area contributed by atoms with E-state index in [1.807, 2.05) is 58.2 Å². The largest absolute Gasteiger partial charge is 0.340 e. The number of hydrogen-bond donors (Lipinski definition) is 0. The lowest BCUT2D eigenvalue weighted by Gasteiger charge is -2.16. The average Bonchev–Trinajstić information content (AvgIpc) is 3.32. The Morgan fingerprint density at radius 3 is 2.81 bits per heavy atom. The molecule has 5 heteroatoms. The van der Waals surface area contributed by atoms with Gasteiger partial charge in [0.15, 0.2) is 0 Å². The first-order valence-electron chi connectivity index (χ1n) is 8.99. The van der Waals surface area contributed by atoms with Crippen LogP contribution in [0.2, 0.25) is 0 Å². The van der Waals surface area contributed by atoms with Gasteiger partial charge in [-0.3, -0.25) is 4.79 Å². The molecule has 1 amide bonds. The van der Waals surface area contributed by atoms with E-state index in [0.717, 1.165) is 29.8 Å². The van der Waals surface area contributed by atoms with Crippen molar-refractivity contribution in [3.8, 4) is 11.3 Å². The van der Waals surface area contributed by atoms with Crippen molar-refractivity contribution in [1.29, 1.82) is 0 Å². The molecule has 132 valence electrons. The fraction of sp³-hybridized carbons (Fsp3) is 0.286. The molecule has 0 N–H and O–H groups in total. The standard InChI is InChI=1S/C21H22N4O/c1-16-6-5-7-17(12-16)13-21(26)24-11-10-19(14-24)25-15-20(22-23-25)18-8-3-2-4-9-18/h2-9,12,15,19H,10-11,13-14H2,1H3/t19-/m1/s1. The minimum Gasteiger partial charge on any atom is -0.340 e. The van der Waals surface area contributed by atoms with Crippen LogP contribution in [0.1, 0.15) is 23.6 Å². The molecule has 0 unspecified atom stereocenters. The molecule has 2 heterocycles. The van der Waals surface area contributed by atoms with Crippen molar-refractivity contribution in [2.45, 2.75) is 25.8 Å². The highest BCUT2D eigenvalue weighted by molar-refractivity contribution is 5.79. The molecule has 3 aromatic rings. The van der Waals surface area contributed by atoms with E-state index in [2.05, 4.69) is 29.4 Å². The van der Waals surface area contributed by atoms with Crippen LogP contribution in [0.25, 0.3) is 11.3 Å². The van der Waals surface area contributed by atoms with E-state index in [0.29, 0.717) is 13.0 Å². The van der Waals surface area contributed by atoms with Crippen LogP contribution in [0, 0.1) is 6.92 Å². The Morgan fingerprint density at radius 2 is 2.00 bits per heavy atom. The highest BCUT2D eigenvalue weighted by atomic mass is 16.2. The van der Waals surface area contributed by atoms with Crippen molar-refractivity contribution in [1.82, 2.24) is 19.9 Å². The molecular formula is C21H22N4O. The predicted molar refractivity (Wildman–Crippen MR) is 101 cm³/mol. The zero-order valence-electron chi connectivity index (χ0n) is 14.9. The van der Waals surface area contributed by atoms with Crippen molar-refractivity contribution in [2.75, 3.05) is 13.1 Å². The number of nitrogens with zero attached hydrogens (tertiary/aromatic N) is 4. The monoisotopic (exact) mass is 346 g/mol. The van der Waals surface area contributed by atoms with E-state index in [1.165, 1.54) is 5.56 Å². The van der Waals surface area contributed by atoms with E-state index in [4.69, 9.17) is 0 Å². The molecule has 1 aliphatic rings. The summed E-state index contributed by atoms with van der Waals surface area (Å²) in [5.74, 6) is 0.182. The lowest BCUT2D eigenvalue weighted by atomic mass is 10.1. The number of aryl methyl sites for hydroxylation is 1. The molecule has 1 aliphatic heterocycles. The molecule has 2 aromatic carbocycles. The van der Waals surface area contributed by atoms with Gasteiger partial charge in [-0.2, -0.15) is 0 Å². The van der Waals surface area contributed by atoms with Gasteiger partial charge < -0.3 is 4.90 Å². The molecule has 0 aliphatic carbocycles. The molecule has 5 nitrogen and oxygen atoms in total. The van der Waals surface area contributed by atoms with Gasteiger partial charge in [0, 0.05) is 18.7 Å². The Labute approximate surface area is 153 Å². The molecule has 1 atom stereocenters. The number of carbonyl (C=O) groups excluding carboxylic acids is 1. The van der Waals surface area contributed by atoms with Crippen LogP contribution in [0.15, 0.2) is 60.8 Å². The second-order valence-electron chi connectivity index (χ2n) is 6.90. The maximum atomic E-state index is 12.6. The number of amides is 1. The molecule has 0 spiro atoms. The number of rotatable bonds is 4. The number of benzene rings is 2. The lowest BCUT2D eigenvalue weighted by Crippen LogP contribution is -2.30. The second kappa shape index (κ2) is 7.12. The summed E-state index contributed by atoms with van der Waals surface area (Å²) in [4.78, 5) is 14.6. The molecule has 1 saturated heterocycles. The van der Waals surface area contributed by atoms with Gasteiger partial charge in [0.25, 0.3) is 0 Å². The van der Waals surface area contributed by atoms with Crippen LogP contribution in [0.4, 0.5) is 0 Å². The molecular weight excluding hydrogens is 324 g/mol. The number of aromatic nitrogens is 3. The van der Waals surface area contributed by atoms with Crippen LogP contribution in [-0.4, -0.2) is 38.9 Å². The summed E-state index contributed by atoms with van der Waals surface area (Å²) >= 11 is 0. The highest BCUT2D eigenvalue weighted by Crippen LogP contribution is 2.24. The summed E-state index contributed by atoms with van der Waals surface area (Å²) in [6, 6.07) is 18.4.